The van der Waals surface area contributed by atoms with Crippen LogP contribution in [-0.4, -0.2) is 0 Å². The molecule has 0 amide bonds. The maximum Gasteiger partial charge on any atom is -0.00622 e. The summed E-state index contributed by atoms with van der Waals surface area (Å²) in [4.78, 5) is 0. The van der Waals surface area contributed by atoms with E-state index in [1.807, 2.05) is 0 Å². The summed E-state index contributed by atoms with van der Waals surface area (Å²) in [6.07, 6.45) is 0. The van der Waals surface area contributed by atoms with Crippen molar-refractivity contribution in [3.8, 4) is 0 Å². The first-order chi connectivity index (χ1) is 11.1. The van der Waals surface area contributed by atoms with Gasteiger partial charge in [0.2, 0.25) is 0 Å². The van der Waals surface area contributed by atoms with Gasteiger partial charge in [0.1, 0.15) is 0 Å². The summed E-state index contributed by atoms with van der Waals surface area (Å²) >= 11 is 0. The van der Waals surface area contributed by atoms with Gasteiger partial charge in [0, 0.05) is 0 Å². The van der Waals surface area contributed by atoms with Crippen LogP contribution in [0.2, 0.25) is 0 Å². The number of hydrogen-bond donors (Lipinski definition) is 0. The van der Waals surface area contributed by atoms with Crippen LogP contribution in [0.1, 0.15) is 86.8 Å². The third-order valence-corrected chi connectivity index (χ3v) is 7.91. The summed E-state index contributed by atoms with van der Waals surface area (Å²) in [6.45, 7) is 23.7. The van der Waals surface area contributed by atoms with Gasteiger partial charge >= 0.3 is 0 Å². The zero-order valence-corrected chi connectivity index (χ0v) is 17.3. The minimum atomic E-state index is 0.609. The molecule has 0 saturated heterocycles. The topological polar surface area (TPSA) is 0 Å². The fourth-order valence-electron chi connectivity index (χ4n) is 5.91. The highest BCUT2D eigenvalue weighted by atomic mass is 14.5. The molecule has 3 rings (SSSR count). The van der Waals surface area contributed by atoms with Gasteiger partial charge in [-0.2, -0.15) is 0 Å². The monoisotopic (exact) mass is 322 g/mol. The molecule has 1 aromatic rings. The van der Waals surface area contributed by atoms with Gasteiger partial charge in [0.15, 0.2) is 0 Å². The second-order valence-electron chi connectivity index (χ2n) is 8.57. The van der Waals surface area contributed by atoms with E-state index >= 15 is 0 Å². The Morgan fingerprint density at radius 1 is 0.458 bits per heavy atom. The summed E-state index contributed by atoms with van der Waals surface area (Å²) in [5.41, 5.74) is 15.7. The predicted octanol–water partition coefficient (Wildman–Crippen LogP) is 7.06. The van der Waals surface area contributed by atoms with Crippen molar-refractivity contribution in [1.29, 1.82) is 0 Å². The zero-order valence-electron chi connectivity index (χ0n) is 17.3. The average Bonchev–Trinajstić information content (AvgIpc) is 2.55. The molecule has 0 nitrogen and oxygen atoms in total. The van der Waals surface area contributed by atoms with Gasteiger partial charge < -0.3 is 0 Å². The van der Waals surface area contributed by atoms with Crippen molar-refractivity contribution < 1.29 is 0 Å². The molecule has 0 aliphatic heterocycles. The van der Waals surface area contributed by atoms with Crippen LogP contribution in [0, 0.1) is 39.5 Å². The maximum atomic E-state index is 2.48. The zero-order chi connectivity index (χ0) is 18.1. The molecular weight excluding hydrogens is 288 g/mol. The third kappa shape index (κ3) is 2.04. The molecule has 0 saturated carbocycles. The van der Waals surface area contributed by atoms with Crippen LogP contribution in [0.4, 0.5) is 0 Å². The van der Waals surface area contributed by atoms with Gasteiger partial charge in [-0.05, 0) is 124 Å². The molecule has 0 heterocycles. The Kier molecular flexibility index (Phi) is 4.10. The molecular formula is C24H34. The van der Waals surface area contributed by atoms with Crippen molar-refractivity contribution in [2.75, 3.05) is 0 Å². The Balaban J connectivity index is 2.36. The first-order valence-corrected chi connectivity index (χ1v) is 9.56. The Morgan fingerprint density at radius 2 is 0.750 bits per heavy atom. The van der Waals surface area contributed by atoms with Crippen molar-refractivity contribution in [2.24, 2.45) is 11.8 Å². The van der Waals surface area contributed by atoms with E-state index in [4.69, 9.17) is 0 Å². The van der Waals surface area contributed by atoms with Crippen molar-refractivity contribution in [3.05, 3.63) is 55.7 Å². The number of fused-ring (bicyclic) bond motifs is 2. The third-order valence-electron chi connectivity index (χ3n) is 7.91. The fraction of sp³-hybridized carbons (Fsp3) is 0.583. The molecule has 0 fully saturated rings. The molecule has 4 unspecified atom stereocenters. The highest BCUT2D eigenvalue weighted by Gasteiger charge is 2.44. The normalized spacial score (nSPS) is 29.8. The van der Waals surface area contributed by atoms with E-state index in [1.54, 1.807) is 33.4 Å². The van der Waals surface area contributed by atoms with Crippen molar-refractivity contribution in [2.45, 2.75) is 81.1 Å². The van der Waals surface area contributed by atoms with E-state index in [2.05, 4.69) is 69.2 Å². The van der Waals surface area contributed by atoms with Gasteiger partial charge in [-0.25, -0.2) is 0 Å². The number of hydrogen-bond acceptors (Lipinski definition) is 0. The Hall–Kier alpha value is -1.30. The highest BCUT2D eigenvalue weighted by molar-refractivity contribution is 5.57. The molecule has 2 aliphatic rings. The van der Waals surface area contributed by atoms with Gasteiger partial charge in [-0.3, -0.25) is 0 Å². The molecule has 2 aliphatic carbocycles. The molecule has 0 radical (unpaired) electrons. The smallest absolute Gasteiger partial charge is 0.00622 e. The lowest BCUT2D eigenvalue weighted by Gasteiger charge is -2.48. The molecule has 0 N–H and O–H groups in total. The number of rotatable bonds is 0. The van der Waals surface area contributed by atoms with Gasteiger partial charge in [0.25, 0.3) is 0 Å². The molecule has 1 aromatic carbocycles. The number of allylic oxidation sites excluding steroid dienone is 4. The van der Waals surface area contributed by atoms with E-state index in [-0.39, 0.29) is 0 Å². The van der Waals surface area contributed by atoms with E-state index in [0.717, 1.165) is 0 Å². The molecule has 0 spiro atoms. The van der Waals surface area contributed by atoms with Crippen LogP contribution in [-0.2, 0) is 0 Å². The molecule has 24 heavy (non-hydrogen) atoms. The minimum Gasteiger partial charge on any atom is -0.0658 e. The largest absolute Gasteiger partial charge is 0.0658 e. The lowest BCUT2D eigenvalue weighted by atomic mass is 9.56. The molecule has 4 atom stereocenters. The van der Waals surface area contributed by atoms with Crippen LogP contribution >= 0.6 is 0 Å². The summed E-state index contributed by atoms with van der Waals surface area (Å²) < 4.78 is 0. The Labute approximate surface area is 149 Å². The van der Waals surface area contributed by atoms with Gasteiger partial charge in [-0.1, -0.05) is 25.0 Å². The minimum absolute atomic E-state index is 0.609. The molecule has 0 bridgehead atoms. The molecule has 130 valence electrons. The van der Waals surface area contributed by atoms with E-state index in [1.165, 1.54) is 22.3 Å². The first-order valence-electron chi connectivity index (χ1n) is 9.56. The predicted molar refractivity (Wildman–Crippen MR) is 106 cm³/mol. The van der Waals surface area contributed by atoms with Gasteiger partial charge in [0.05, 0.1) is 0 Å². The SMILES string of the molecule is CC1=C(C)C2C(C)c3c(C)c(C)c(C)c(C)c3C(C)C2C(C)=C1C. The van der Waals surface area contributed by atoms with Gasteiger partial charge in [-0.15, -0.1) is 0 Å². The van der Waals surface area contributed by atoms with Crippen LogP contribution in [0.25, 0.3) is 0 Å². The summed E-state index contributed by atoms with van der Waals surface area (Å²) in [5.74, 6) is 2.54. The molecule has 0 aromatic heterocycles. The van der Waals surface area contributed by atoms with Crippen molar-refractivity contribution in [1.82, 2.24) is 0 Å². The average molecular weight is 323 g/mol. The van der Waals surface area contributed by atoms with Crippen LogP contribution in [0.5, 0.6) is 0 Å². The lowest BCUT2D eigenvalue weighted by Crippen LogP contribution is -2.37. The van der Waals surface area contributed by atoms with E-state index < -0.39 is 0 Å². The maximum absolute atomic E-state index is 2.48. The van der Waals surface area contributed by atoms with Crippen LogP contribution in [0.15, 0.2) is 22.3 Å². The van der Waals surface area contributed by atoms with Crippen molar-refractivity contribution in [3.63, 3.8) is 0 Å². The van der Waals surface area contributed by atoms with Crippen LogP contribution in [0.3, 0.4) is 0 Å². The summed E-state index contributed by atoms with van der Waals surface area (Å²) in [5, 5.41) is 0. The molecule has 0 heteroatoms. The summed E-state index contributed by atoms with van der Waals surface area (Å²) in [7, 11) is 0. The fourth-order valence-corrected chi connectivity index (χ4v) is 5.91. The van der Waals surface area contributed by atoms with E-state index in [0.29, 0.717) is 23.7 Å². The summed E-state index contributed by atoms with van der Waals surface area (Å²) in [6, 6.07) is 0. The second kappa shape index (κ2) is 5.61. The van der Waals surface area contributed by atoms with Crippen LogP contribution < -0.4 is 0 Å². The van der Waals surface area contributed by atoms with Crippen molar-refractivity contribution >= 4 is 0 Å². The first kappa shape index (κ1) is 17.5. The second-order valence-corrected chi connectivity index (χ2v) is 8.57. The number of benzene rings is 1. The standard InChI is InChI=1S/C24H34/c1-11-12(2)16(6)22-20(10)24-18(8)14(4)13(3)17(7)23(24)19(9)21(22)15(11)5/h19-22H,1-10H3. The lowest BCUT2D eigenvalue weighted by molar-refractivity contribution is 0.297. The Bertz CT molecular complexity index is 718. The highest BCUT2D eigenvalue weighted by Crippen LogP contribution is 2.57. The van der Waals surface area contributed by atoms with E-state index in [9.17, 15) is 0 Å². The quantitative estimate of drug-likeness (QED) is 0.479. The Morgan fingerprint density at radius 3 is 1.04 bits per heavy atom.